The molecule has 0 radical (unpaired) electrons. The molecule has 5 heteroatoms. The zero-order chi connectivity index (χ0) is 14.5. The highest BCUT2D eigenvalue weighted by molar-refractivity contribution is 6.06. The van der Waals surface area contributed by atoms with Crippen LogP contribution in [0, 0.1) is 10.8 Å². The highest BCUT2D eigenvalue weighted by Gasteiger charge is 2.42. The SMILES string of the molecule is CCC1(CNC(=O)C(CC)(CC)C(N)=NO)CCC1. The smallest absolute Gasteiger partial charge is 0.233 e. The van der Waals surface area contributed by atoms with Crippen molar-refractivity contribution < 1.29 is 10.0 Å². The van der Waals surface area contributed by atoms with Crippen LogP contribution in [0.4, 0.5) is 0 Å². The monoisotopic (exact) mass is 269 g/mol. The first-order valence-electron chi connectivity index (χ1n) is 7.26. The van der Waals surface area contributed by atoms with Crippen molar-refractivity contribution in [1.82, 2.24) is 5.32 Å². The number of carbonyl (C=O) groups excluding carboxylic acids is 1. The fourth-order valence-electron chi connectivity index (χ4n) is 2.91. The first-order chi connectivity index (χ1) is 9.00. The number of hydrogen-bond donors (Lipinski definition) is 3. The predicted octanol–water partition coefficient (Wildman–Crippen LogP) is 2.24. The molecule has 1 aliphatic carbocycles. The molecule has 0 bridgehead atoms. The van der Waals surface area contributed by atoms with Gasteiger partial charge in [0.05, 0.1) is 0 Å². The van der Waals surface area contributed by atoms with Crippen molar-refractivity contribution in [2.24, 2.45) is 21.7 Å². The van der Waals surface area contributed by atoms with E-state index in [0.29, 0.717) is 19.4 Å². The Kier molecular flexibility index (Phi) is 5.20. The van der Waals surface area contributed by atoms with Crippen molar-refractivity contribution in [3.63, 3.8) is 0 Å². The lowest BCUT2D eigenvalue weighted by Crippen LogP contribution is -2.52. The molecule has 0 aliphatic heterocycles. The van der Waals surface area contributed by atoms with Crippen molar-refractivity contribution in [2.45, 2.75) is 59.3 Å². The van der Waals surface area contributed by atoms with E-state index >= 15 is 0 Å². The quantitative estimate of drug-likeness (QED) is 0.287. The molecule has 19 heavy (non-hydrogen) atoms. The molecule has 0 atom stereocenters. The molecule has 1 fully saturated rings. The van der Waals surface area contributed by atoms with Crippen LogP contribution in [0.15, 0.2) is 5.16 Å². The molecule has 0 saturated heterocycles. The molecule has 0 aromatic heterocycles. The fraction of sp³-hybridized carbons (Fsp3) is 0.857. The average molecular weight is 269 g/mol. The molecule has 1 amide bonds. The molecule has 1 rings (SSSR count). The van der Waals surface area contributed by atoms with Gasteiger partial charge in [0.1, 0.15) is 5.41 Å². The van der Waals surface area contributed by atoms with E-state index in [-0.39, 0.29) is 17.2 Å². The Morgan fingerprint density at radius 1 is 1.37 bits per heavy atom. The third-order valence-electron chi connectivity index (χ3n) is 5.03. The minimum absolute atomic E-state index is 0.00848. The number of nitrogens with two attached hydrogens (primary N) is 1. The Balaban J connectivity index is 2.73. The summed E-state index contributed by atoms with van der Waals surface area (Å²) in [5, 5.41) is 15.0. The summed E-state index contributed by atoms with van der Waals surface area (Å²) in [5.74, 6) is -0.110. The highest BCUT2D eigenvalue weighted by Crippen LogP contribution is 2.43. The number of nitrogens with zero attached hydrogens (tertiary/aromatic N) is 1. The summed E-state index contributed by atoms with van der Waals surface area (Å²) in [6.07, 6.45) is 5.75. The predicted molar refractivity (Wildman–Crippen MR) is 76.0 cm³/mol. The second-order valence-corrected chi connectivity index (χ2v) is 5.66. The summed E-state index contributed by atoms with van der Waals surface area (Å²) in [6.45, 7) is 6.64. The van der Waals surface area contributed by atoms with Crippen molar-refractivity contribution in [3.05, 3.63) is 0 Å². The van der Waals surface area contributed by atoms with Crippen molar-refractivity contribution in [1.29, 1.82) is 0 Å². The van der Waals surface area contributed by atoms with Crippen LogP contribution in [-0.4, -0.2) is 23.5 Å². The normalized spacial score (nSPS) is 18.8. The van der Waals surface area contributed by atoms with E-state index in [4.69, 9.17) is 10.9 Å². The van der Waals surface area contributed by atoms with Gasteiger partial charge in [0.2, 0.25) is 5.91 Å². The van der Waals surface area contributed by atoms with E-state index in [0.717, 1.165) is 6.42 Å². The summed E-state index contributed by atoms with van der Waals surface area (Å²) < 4.78 is 0. The minimum Gasteiger partial charge on any atom is -0.409 e. The van der Waals surface area contributed by atoms with Gasteiger partial charge in [-0.05, 0) is 37.5 Å². The molecule has 1 aliphatic rings. The third-order valence-corrected chi connectivity index (χ3v) is 5.03. The van der Waals surface area contributed by atoms with Crippen LogP contribution in [-0.2, 0) is 4.79 Å². The molecule has 0 unspecified atom stereocenters. The van der Waals surface area contributed by atoms with Gasteiger partial charge >= 0.3 is 0 Å². The van der Waals surface area contributed by atoms with Crippen LogP contribution < -0.4 is 11.1 Å². The molecule has 0 aromatic rings. The van der Waals surface area contributed by atoms with Crippen LogP contribution in [0.1, 0.15) is 59.3 Å². The van der Waals surface area contributed by atoms with Crippen molar-refractivity contribution >= 4 is 11.7 Å². The van der Waals surface area contributed by atoms with Gasteiger partial charge < -0.3 is 16.3 Å². The van der Waals surface area contributed by atoms with Crippen LogP contribution in [0.25, 0.3) is 0 Å². The lowest BCUT2D eigenvalue weighted by atomic mass is 9.67. The second kappa shape index (κ2) is 6.26. The van der Waals surface area contributed by atoms with E-state index in [9.17, 15) is 4.79 Å². The van der Waals surface area contributed by atoms with Gasteiger partial charge in [-0.25, -0.2) is 0 Å². The largest absolute Gasteiger partial charge is 0.409 e. The van der Waals surface area contributed by atoms with Crippen LogP contribution >= 0.6 is 0 Å². The number of rotatable bonds is 7. The zero-order valence-electron chi connectivity index (χ0n) is 12.3. The summed E-state index contributed by atoms with van der Waals surface area (Å²) in [4.78, 5) is 12.4. The molecule has 0 aromatic carbocycles. The molecule has 1 saturated carbocycles. The molecule has 4 N–H and O–H groups in total. The topological polar surface area (TPSA) is 87.7 Å². The van der Waals surface area contributed by atoms with Gasteiger partial charge in [-0.3, -0.25) is 4.79 Å². The lowest BCUT2D eigenvalue weighted by Gasteiger charge is -2.42. The molecule has 110 valence electrons. The Morgan fingerprint density at radius 2 is 1.95 bits per heavy atom. The van der Waals surface area contributed by atoms with Gasteiger partial charge in [0.25, 0.3) is 0 Å². The number of carbonyl (C=O) groups is 1. The number of nitrogens with one attached hydrogen (secondary N) is 1. The molecule has 0 spiro atoms. The Morgan fingerprint density at radius 3 is 2.26 bits per heavy atom. The molecular formula is C14H27N3O2. The standard InChI is InChI=1S/C14H27N3O2/c1-4-13(8-7-9-13)10-16-12(18)14(5-2,6-3)11(15)17-19/h19H,4-10H2,1-3H3,(H2,15,17)(H,16,18). The zero-order valence-corrected chi connectivity index (χ0v) is 12.3. The molecule has 0 heterocycles. The van der Waals surface area contributed by atoms with Crippen LogP contribution in [0.2, 0.25) is 0 Å². The maximum Gasteiger partial charge on any atom is 0.233 e. The van der Waals surface area contributed by atoms with E-state index in [2.05, 4.69) is 17.4 Å². The van der Waals surface area contributed by atoms with Gasteiger partial charge in [-0.1, -0.05) is 32.3 Å². The molecule has 5 nitrogen and oxygen atoms in total. The first kappa shape index (κ1) is 15.8. The number of amides is 1. The summed E-state index contributed by atoms with van der Waals surface area (Å²) in [6, 6.07) is 0. The van der Waals surface area contributed by atoms with Crippen LogP contribution in [0.3, 0.4) is 0 Å². The maximum absolute atomic E-state index is 12.4. The maximum atomic E-state index is 12.4. The Labute approximate surface area is 115 Å². The number of hydrogen-bond acceptors (Lipinski definition) is 3. The minimum atomic E-state index is -0.882. The fourth-order valence-corrected chi connectivity index (χ4v) is 2.91. The van der Waals surface area contributed by atoms with Gasteiger partial charge in [-0.15, -0.1) is 0 Å². The second-order valence-electron chi connectivity index (χ2n) is 5.66. The van der Waals surface area contributed by atoms with E-state index in [1.54, 1.807) is 0 Å². The van der Waals surface area contributed by atoms with E-state index in [1.165, 1.54) is 19.3 Å². The molecular weight excluding hydrogens is 242 g/mol. The van der Waals surface area contributed by atoms with Crippen LogP contribution in [0.5, 0.6) is 0 Å². The first-order valence-corrected chi connectivity index (χ1v) is 7.26. The number of amidine groups is 1. The lowest BCUT2D eigenvalue weighted by molar-refractivity contribution is -0.129. The summed E-state index contributed by atoms with van der Waals surface area (Å²) in [5.41, 5.74) is 5.12. The summed E-state index contributed by atoms with van der Waals surface area (Å²) >= 11 is 0. The summed E-state index contributed by atoms with van der Waals surface area (Å²) in [7, 11) is 0. The van der Waals surface area contributed by atoms with Gasteiger partial charge in [0, 0.05) is 6.54 Å². The van der Waals surface area contributed by atoms with Crippen molar-refractivity contribution in [2.75, 3.05) is 6.54 Å². The number of oxime groups is 1. The Hall–Kier alpha value is -1.26. The van der Waals surface area contributed by atoms with Gasteiger partial charge in [-0.2, -0.15) is 0 Å². The van der Waals surface area contributed by atoms with E-state index < -0.39 is 5.41 Å². The highest BCUT2D eigenvalue weighted by atomic mass is 16.4. The van der Waals surface area contributed by atoms with Crippen molar-refractivity contribution in [3.8, 4) is 0 Å². The third kappa shape index (κ3) is 2.85. The van der Waals surface area contributed by atoms with Gasteiger partial charge in [0.15, 0.2) is 5.84 Å². The van der Waals surface area contributed by atoms with E-state index in [1.807, 2.05) is 13.8 Å². The Bertz CT molecular complexity index is 339. The average Bonchev–Trinajstić information content (AvgIpc) is 2.39.